The van der Waals surface area contributed by atoms with Gasteiger partial charge in [0.1, 0.15) is 18.5 Å². The third-order valence-corrected chi connectivity index (χ3v) is 8.83. The Morgan fingerprint density at radius 1 is 1.22 bits per heavy atom. The molecule has 1 aliphatic carbocycles. The average Bonchev–Trinajstić information content (AvgIpc) is 3.39. The Morgan fingerprint density at radius 3 is 2.80 bits per heavy atom. The van der Waals surface area contributed by atoms with Crippen LogP contribution < -0.4 is 10.1 Å². The second-order valence-electron chi connectivity index (χ2n) is 12.3. The van der Waals surface area contributed by atoms with Gasteiger partial charge in [0.2, 0.25) is 0 Å². The minimum absolute atomic E-state index is 0.0286. The van der Waals surface area contributed by atoms with E-state index in [4.69, 9.17) is 14.8 Å². The molecular formula is C33H36FN7O4. The molecule has 3 aromatic heterocycles. The van der Waals surface area contributed by atoms with Crippen LogP contribution in [-0.2, 0) is 26.6 Å². The van der Waals surface area contributed by atoms with Gasteiger partial charge in [-0.25, -0.2) is 19.2 Å². The van der Waals surface area contributed by atoms with Crippen molar-refractivity contribution in [1.29, 1.82) is 0 Å². The first-order chi connectivity index (χ1) is 21.8. The van der Waals surface area contributed by atoms with Crippen molar-refractivity contribution >= 4 is 33.9 Å². The number of ether oxygens (including phenoxy) is 1. The number of carbonyl (C=O) groups is 2. The lowest BCUT2D eigenvalue weighted by atomic mass is 9.97. The number of nitrogens with one attached hydrogen (secondary N) is 1. The maximum atomic E-state index is 13.5. The number of halogens is 1. The molecule has 0 unspecified atom stereocenters. The fourth-order valence-corrected chi connectivity index (χ4v) is 6.46. The third-order valence-electron chi connectivity index (χ3n) is 8.83. The van der Waals surface area contributed by atoms with E-state index < -0.39 is 18.8 Å². The molecule has 0 spiro atoms. The molecule has 11 nitrogen and oxygen atoms in total. The molecule has 7 rings (SSSR count). The number of aryl methyl sites for hydroxylation is 1. The summed E-state index contributed by atoms with van der Waals surface area (Å²) < 4.78 is 26.4. The maximum Gasteiger partial charge on any atom is 0.405 e. The summed E-state index contributed by atoms with van der Waals surface area (Å²) in [6.45, 7) is 3.07. The number of benzene rings is 2. The van der Waals surface area contributed by atoms with Crippen LogP contribution in [-0.4, -0.2) is 77.6 Å². The van der Waals surface area contributed by atoms with Crippen LogP contribution in [0.15, 0.2) is 55.1 Å². The van der Waals surface area contributed by atoms with Crippen LogP contribution in [0.2, 0.25) is 0 Å². The molecule has 2 amide bonds. The summed E-state index contributed by atoms with van der Waals surface area (Å²) in [7, 11) is 2.00. The van der Waals surface area contributed by atoms with Crippen molar-refractivity contribution < 1.29 is 23.8 Å². The lowest BCUT2D eigenvalue weighted by Gasteiger charge is -2.31. The molecule has 0 bridgehead atoms. The quantitative estimate of drug-likeness (QED) is 0.219. The summed E-state index contributed by atoms with van der Waals surface area (Å²) in [4.78, 5) is 35.2. The number of para-hydroxylation sites is 1. The summed E-state index contributed by atoms with van der Waals surface area (Å²) in [5.41, 5.74) is 5.08. The van der Waals surface area contributed by atoms with Crippen molar-refractivity contribution in [3.63, 3.8) is 0 Å². The number of fused-ring (bicyclic) bond motifs is 3. The van der Waals surface area contributed by atoms with Gasteiger partial charge in [0.25, 0.3) is 5.91 Å². The minimum atomic E-state index is -1.31. The van der Waals surface area contributed by atoms with E-state index in [0.29, 0.717) is 36.5 Å². The number of aromatic nitrogens is 5. The van der Waals surface area contributed by atoms with Crippen molar-refractivity contribution in [3.05, 3.63) is 66.2 Å². The van der Waals surface area contributed by atoms with Crippen molar-refractivity contribution in [2.75, 3.05) is 19.8 Å². The Kier molecular flexibility index (Phi) is 7.42. The molecule has 5 aromatic rings. The number of carboxylic acid groups (broad SMARTS) is 1. The first-order valence-electron chi connectivity index (χ1n) is 15.4. The SMILES string of the molecule is C[C@@H](Cn1ccnc1)Oc1cccc2cc(-c3nc4cc5c(cc4n3C)CCN(C[C@@H](CF)NC(=O)O)C5=O)n(CC3CC3)c12. The van der Waals surface area contributed by atoms with E-state index >= 15 is 0 Å². The highest BCUT2D eigenvalue weighted by Gasteiger charge is 2.30. The number of amides is 2. The van der Waals surface area contributed by atoms with Crippen LogP contribution in [0.4, 0.5) is 9.18 Å². The zero-order valence-corrected chi connectivity index (χ0v) is 25.3. The van der Waals surface area contributed by atoms with Crippen LogP contribution in [0.25, 0.3) is 33.5 Å². The largest absolute Gasteiger partial charge is 0.487 e. The highest BCUT2D eigenvalue weighted by atomic mass is 19.1. The van der Waals surface area contributed by atoms with Gasteiger partial charge < -0.3 is 33.8 Å². The molecule has 2 atom stereocenters. The van der Waals surface area contributed by atoms with E-state index in [0.717, 1.165) is 45.8 Å². The Labute approximate surface area is 259 Å². The second-order valence-corrected chi connectivity index (χ2v) is 12.3. The summed E-state index contributed by atoms with van der Waals surface area (Å²) in [6.07, 6.45) is 7.08. The average molecular weight is 614 g/mol. The van der Waals surface area contributed by atoms with Crippen molar-refractivity contribution in [2.45, 2.75) is 51.4 Å². The molecule has 2 N–H and O–H groups in total. The molecule has 2 aromatic carbocycles. The molecule has 45 heavy (non-hydrogen) atoms. The fourth-order valence-electron chi connectivity index (χ4n) is 6.46. The first kappa shape index (κ1) is 28.9. The van der Waals surface area contributed by atoms with E-state index in [9.17, 15) is 14.0 Å². The number of alkyl halides is 1. The van der Waals surface area contributed by atoms with Crippen molar-refractivity contribution in [2.24, 2.45) is 13.0 Å². The Hall–Kier alpha value is -4.87. The number of rotatable bonds is 11. The number of nitrogens with zero attached hydrogens (tertiary/aromatic N) is 6. The first-order valence-corrected chi connectivity index (χ1v) is 15.4. The number of carbonyl (C=O) groups excluding carboxylic acids is 1. The minimum Gasteiger partial charge on any atom is -0.487 e. The van der Waals surface area contributed by atoms with Crippen LogP contribution >= 0.6 is 0 Å². The molecule has 1 fully saturated rings. The van der Waals surface area contributed by atoms with Crippen LogP contribution in [0.3, 0.4) is 0 Å². The summed E-state index contributed by atoms with van der Waals surface area (Å²) in [6, 6.07) is 11.2. The van der Waals surface area contributed by atoms with Crippen molar-refractivity contribution in [1.82, 2.24) is 33.9 Å². The number of hydrogen-bond acceptors (Lipinski definition) is 5. The van der Waals surface area contributed by atoms with Gasteiger partial charge in [-0.2, -0.15) is 0 Å². The predicted molar refractivity (Wildman–Crippen MR) is 167 cm³/mol. The van der Waals surface area contributed by atoms with Crippen LogP contribution in [0, 0.1) is 5.92 Å². The molecule has 12 heteroatoms. The molecule has 2 aliphatic rings. The predicted octanol–water partition coefficient (Wildman–Crippen LogP) is 4.87. The highest BCUT2D eigenvalue weighted by molar-refractivity contribution is 6.01. The molecule has 234 valence electrons. The zero-order valence-electron chi connectivity index (χ0n) is 25.3. The smallest absolute Gasteiger partial charge is 0.405 e. The molecule has 1 saturated carbocycles. The van der Waals surface area contributed by atoms with Crippen molar-refractivity contribution in [3.8, 4) is 17.3 Å². The van der Waals surface area contributed by atoms with E-state index in [1.165, 1.54) is 17.7 Å². The monoisotopic (exact) mass is 613 g/mol. The standard InChI is InChI=1S/C33H36FN7O4/c1-20(16-39-11-9-35-19-39)45-29-5-3-4-23-13-28(41(30(23)29)17-21-6-7-21)31-37-26-14-25-22(12-27(26)38(31)2)8-10-40(32(25)42)18-24(15-34)36-33(43)44/h3-5,9,11-14,19-21,24,36H,6-8,10,15-18H2,1-2H3,(H,43,44)/t20-,24+/m0/s1. The van der Waals surface area contributed by atoms with Gasteiger partial charge in [0.05, 0.1) is 41.2 Å². The lowest BCUT2D eigenvalue weighted by Crippen LogP contribution is -2.48. The molecule has 0 saturated heterocycles. The fraction of sp³-hybridized carbons (Fsp3) is 0.394. The van der Waals surface area contributed by atoms with E-state index in [-0.39, 0.29) is 18.6 Å². The Bertz CT molecular complexity index is 1890. The third kappa shape index (κ3) is 5.60. The van der Waals surface area contributed by atoms with Crippen LogP contribution in [0.5, 0.6) is 5.75 Å². The number of imidazole rings is 2. The van der Waals surface area contributed by atoms with E-state index in [1.54, 1.807) is 12.5 Å². The van der Waals surface area contributed by atoms with E-state index in [2.05, 4.69) is 38.5 Å². The van der Waals surface area contributed by atoms with Gasteiger partial charge in [-0.3, -0.25) is 4.79 Å². The normalized spacial score (nSPS) is 16.2. The van der Waals surface area contributed by atoms with Gasteiger partial charge in [-0.15, -0.1) is 0 Å². The van der Waals surface area contributed by atoms with Gasteiger partial charge >= 0.3 is 6.09 Å². The van der Waals surface area contributed by atoms with Gasteiger partial charge in [0, 0.05) is 50.0 Å². The highest BCUT2D eigenvalue weighted by Crippen LogP contribution is 2.39. The lowest BCUT2D eigenvalue weighted by molar-refractivity contribution is 0.0714. The van der Waals surface area contributed by atoms with E-state index in [1.807, 2.05) is 42.1 Å². The van der Waals surface area contributed by atoms with Gasteiger partial charge in [-0.1, -0.05) is 12.1 Å². The molecule has 0 radical (unpaired) electrons. The van der Waals surface area contributed by atoms with Gasteiger partial charge in [-0.05, 0) is 61.9 Å². The topological polar surface area (TPSA) is 119 Å². The zero-order chi connectivity index (χ0) is 31.2. The molecule has 1 aliphatic heterocycles. The number of hydrogen-bond donors (Lipinski definition) is 2. The summed E-state index contributed by atoms with van der Waals surface area (Å²) in [5, 5.41) is 12.3. The second kappa shape index (κ2) is 11.6. The van der Waals surface area contributed by atoms with Gasteiger partial charge in [0.15, 0.2) is 5.82 Å². The molecule has 4 heterocycles. The summed E-state index contributed by atoms with van der Waals surface area (Å²) >= 11 is 0. The van der Waals surface area contributed by atoms with Crippen LogP contribution in [0.1, 0.15) is 35.7 Å². The summed E-state index contributed by atoms with van der Waals surface area (Å²) in [5.74, 6) is 1.99. The molecular weight excluding hydrogens is 577 g/mol. The maximum absolute atomic E-state index is 13.5. The Balaban J connectivity index is 1.25. The Morgan fingerprint density at radius 2 is 2.07 bits per heavy atom.